The van der Waals surface area contributed by atoms with Gasteiger partial charge in [0.2, 0.25) is 5.91 Å². The van der Waals surface area contributed by atoms with Crippen molar-refractivity contribution in [2.75, 3.05) is 20.3 Å². The number of hydrogen-bond donors (Lipinski definition) is 1. The van der Waals surface area contributed by atoms with Gasteiger partial charge in [-0.15, -0.1) is 0 Å². The Morgan fingerprint density at radius 2 is 1.96 bits per heavy atom. The van der Waals surface area contributed by atoms with Crippen LogP contribution in [0.1, 0.15) is 19.2 Å². The van der Waals surface area contributed by atoms with E-state index in [0.717, 1.165) is 41.3 Å². The summed E-state index contributed by atoms with van der Waals surface area (Å²) in [5.74, 6) is 2.54. The predicted molar refractivity (Wildman–Crippen MR) is 105 cm³/mol. The van der Waals surface area contributed by atoms with Gasteiger partial charge >= 0.3 is 0 Å². The summed E-state index contributed by atoms with van der Waals surface area (Å²) in [5.41, 5.74) is 2.08. The molecule has 0 unspecified atom stereocenters. The molecule has 1 amide bonds. The molecule has 0 atom stereocenters. The van der Waals surface area contributed by atoms with E-state index in [-0.39, 0.29) is 5.91 Å². The Balaban J connectivity index is 1.63. The highest BCUT2D eigenvalue weighted by molar-refractivity contribution is 5.76. The molecule has 1 heterocycles. The molecule has 0 spiro atoms. The van der Waals surface area contributed by atoms with Gasteiger partial charge in [-0.1, -0.05) is 18.2 Å². The lowest BCUT2D eigenvalue weighted by atomic mass is 10.3. The second-order valence-corrected chi connectivity index (χ2v) is 6.28. The lowest BCUT2D eigenvalue weighted by Gasteiger charge is -2.11. The van der Waals surface area contributed by atoms with Crippen LogP contribution < -0.4 is 14.8 Å². The summed E-state index contributed by atoms with van der Waals surface area (Å²) in [6.07, 6.45) is 1.55. The number of methoxy groups -OCH3 is 1. The van der Waals surface area contributed by atoms with Crippen molar-refractivity contribution >= 4 is 16.9 Å². The molecule has 0 bridgehead atoms. The van der Waals surface area contributed by atoms with Crippen LogP contribution >= 0.6 is 0 Å². The molecule has 0 aliphatic carbocycles. The average Bonchev–Trinajstić information content (AvgIpc) is 3.02. The monoisotopic (exact) mass is 367 g/mol. The van der Waals surface area contributed by atoms with Crippen molar-refractivity contribution in [1.29, 1.82) is 0 Å². The zero-order valence-corrected chi connectivity index (χ0v) is 15.8. The maximum atomic E-state index is 11.1. The molecule has 0 aliphatic rings. The Morgan fingerprint density at radius 3 is 2.78 bits per heavy atom. The SMILES string of the molecule is COc1cccc(OCCCn2c(CCNC(C)=O)nc3ccccc32)c1. The third kappa shape index (κ3) is 5.00. The summed E-state index contributed by atoms with van der Waals surface area (Å²) in [4.78, 5) is 15.8. The lowest BCUT2D eigenvalue weighted by Crippen LogP contribution is -2.23. The van der Waals surface area contributed by atoms with Gasteiger partial charge in [0.1, 0.15) is 17.3 Å². The molecule has 1 aromatic heterocycles. The Hall–Kier alpha value is -3.02. The van der Waals surface area contributed by atoms with Gasteiger partial charge in [0.15, 0.2) is 0 Å². The first kappa shape index (κ1) is 18.8. The molecule has 1 N–H and O–H groups in total. The molecule has 142 valence electrons. The summed E-state index contributed by atoms with van der Waals surface area (Å²) in [6.45, 7) is 3.52. The Morgan fingerprint density at radius 1 is 1.15 bits per heavy atom. The van der Waals surface area contributed by atoms with E-state index in [4.69, 9.17) is 14.5 Å². The van der Waals surface area contributed by atoms with Gasteiger partial charge in [-0.25, -0.2) is 4.98 Å². The zero-order valence-electron chi connectivity index (χ0n) is 15.8. The molecule has 6 heteroatoms. The van der Waals surface area contributed by atoms with Gasteiger partial charge in [0, 0.05) is 32.5 Å². The topological polar surface area (TPSA) is 65.4 Å². The fourth-order valence-corrected chi connectivity index (χ4v) is 3.02. The maximum Gasteiger partial charge on any atom is 0.216 e. The van der Waals surface area contributed by atoms with Crippen LogP contribution in [0.3, 0.4) is 0 Å². The Kier molecular flexibility index (Phi) is 6.30. The maximum absolute atomic E-state index is 11.1. The van der Waals surface area contributed by atoms with E-state index in [1.807, 2.05) is 42.5 Å². The Labute approximate surface area is 159 Å². The number of carbonyl (C=O) groups is 1. The van der Waals surface area contributed by atoms with E-state index in [1.54, 1.807) is 7.11 Å². The molecule has 0 radical (unpaired) electrons. The smallest absolute Gasteiger partial charge is 0.216 e. The van der Waals surface area contributed by atoms with Gasteiger partial charge in [0.25, 0.3) is 0 Å². The van der Waals surface area contributed by atoms with Gasteiger partial charge < -0.3 is 19.4 Å². The van der Waals surface area contributed by atoms with E-state index in [2.05, 4.69) is 16.0 Å². The quantitative estimate of drug-likeness (QED) is 0.590. The van der Waals surface area contributed by atoms with Crippen molar-refractivity contribution in [3.05, 3.63) is 54.4 Å². The summed E-state index contributed by atoms with van der Waals surface area (Å²) in [5, 5.41) is 2.84. The molecule has 0 saturated heterocycles. The first-order chi connectivity index (χ1) is 13.2. The first-order valence-electron chi connectivity index (χ1n) is 9.13. The van der Waals surface area contributed by atoms with Crippen LogP contribution in [-0.4, -0.2) is 35.7 Å². The molecule has 2 aromatic carbocycles. The number of aromatic nitrogens is 2. The van der Waals surface area contributed by atoms with E-state index < -0.39 is 0 Å². The van der Waals surface area contributed by atoms with Crippen LogP contribution in [0.2, 0.25) is 0 Å². The molecular formula is C21H25N3O3. The van der Waals surface area contributed by atoms with E-state index in [1.165, 1.54) is 6.92 Å². The molecule has 3 rings (SSSR count). The van der Waals surface area contributed by atoms with Gasteiger partial charge in [0.05, 0.1) is 24.8 Å². The van der Waals surface area contributed by atoms with Crippen molar-refractivity contribution < 1.29 is 14.3 Å². The van der Waals surface area contributed by atoms with E-state index >= 15 is 0 Å². The number of rotatable bonds is 9. The lowest BCUT2D eigenvalue weighted by molar-refractivity contribution is -0.118. The van der Waals surface area contributed by atoms with Gasteiger partial charge in [-0.05, 0) is 30.7 Å². The van der Waals surface area contributed by atoms with Crippen LogP contribution in [0.25, 0.3) is 11.0 Å². The number of hydrogen-bond acceptors (Lipinski definition) is 4. The van der Waals surface area contributed by atoms with Crippen LogP contribution in [0.4, 0.5) is 0 Å². The molecule has 6 nitrogen and oxygen atoms in total. The number of amides is 1. The third-order valence-corrected chi connectivity index (χ3v) is 4.29. The zero-order chi connectivity index (χ0) is 19.1. The number of nitrogens with one attached hydrogen (secondary N) is 1. The summed E-state index contributed by atoms with van der Waals surface area (Å²) in [6, 6.07) is 15.7. The minimum Gasteiger partial charge on any atom is -0.497 e. The van der Waals surface area contributed by atoms with Crippen molar-refractivity contribution in [2.45, 2.75) is 26.3 Å². The number of ether oxygens (including phenoxy) is 2. The minimum absolute atomic E-state index is 0.0237. The minimum atomic E-state index is -0.0237. The van der Waals surface area contributed by atoms with Crippen LogP contribution in [-0.2, 0) is 17.8 Å². The Bertz CT molecular complexity index is 905. The molecule has 0 aliphatic heterocycles. The number of benzene rings is 2. The predicted octanol–water partition coefficient (Wildman–Crippen LogP) is 3.19. The summed E-state index contributed by atoms with van der Waals surface area (Å²) >= 11 is 0. The number of para-hydroxylation sites is 2. The number of carbonyl (C=O) groups excluding carboxylic acids is 1. The molecule has 0 fully saturated rings. The van der Waals surface area contributed by atoms with Crippen molar-refractivity contribution in [3.8, 4) is 11.5 Å². The van der Waals surface area contributed by atoms with Gasteiger partial charge in [-0.2, -0.15) is 0 Å². The van der Waals surface area contributed by atoms with Crippen LogP contribution in [0.15, 0.2) is 48.5 Å². The normalized spacial score (nSPS) is 10.7. The largest absolute Gasteiger partial charge is 0.497 e. The molecule has 27 heavy (non-hydrogen) atoms. The first-order valence-corrected chi connectivity index (χ1v) is 9.13. The fourth-order valence-electron chi connectivity index (χ4n) is 3.02. The highest BCUT2D eigenvalue weighted by Crippen LogP contribution is 2.20. The molecule has 0 saturated carbocycles. The van der Waals surface area contributed by atoms with Crippen molar-refractivity contribution in [3.63, 3.8) is 0 Å². The standard InChI is InChI=1S/C21H25N3O3/c1-16(25)22-12-11-21-23-19-9-3-4-10-20(19)24(21)13-6-14-27-18-8-5-7-17(15-18)26-2/h3-5,7-10,15H,6,11-14H2,1-2H3,(H,22,25). The summed E-state index contributed by atoms with van der Waals surface area (Å²) in [7, 11) is 1.64. The summed E-state index contributed by atoms with van der Waals surface area (Å²) < 4.78 is 13.3. The molecule has 3 aromatic rings. The van der Waals surface area contributed by atoms with E-state index in [0.29, 0.717) is 19.6 Å². The van der Waals surface area contributed by atoms with Crippen molar-refractivity contribution in [2.24, 2.45) is 0 Å². The third-order valence-electron chi connectivity index (χ3n) is 4.29. The van der Waals surface area contributed by atoms with Crippen LogP contribution in [0.5, 0.6) is 11.5 Å². The van der Waals surface area contributed by atoms with Gasteiger partial charge in [-0.3, -0.25) is 4.79 Å². The molecular weight excluding hydrogens is 342 g/mol. The van der Waals surface area contributed by atoms with E-state index in [9.17, 15) is 4.79 Å². The highest BCUT2D eigenvalue weighted by atomic mass is 16.5. The fraction of sp³-hybridized carbons (Fsp3) is 0.333. The number of nitrogens with zero attached hydrogens (tertiary/aromatic N) is 2. The van der Waals surface area contributed by atoms with Crippen molar-refractivity contribution in [1.82, 2.24) is 14.9 Å². The number of imidazole rings is 1. The average molecular weight is 367 g/mol. The van der Waals surface area contributed by atoms with Crippen LogP contribution in [0, 0.1) is 0 Å². The second kappa shape index (κ2) is 9.07. The second-order valence-electron chi connectivity index (χ2n) is 6.28. The highest BCUT2D eigenvalue weighted by Gasteiger charge is 2.10. The number of aryl methyl sites for hydroxylation is 1. The number of fused-ring (bicyclic) bond motifs is 1.